The summed E-state index contributed by atoms with van der Waals surface area (Å²) < 4.78 is 7.32. The van der Waals surface area contributed by atoms with Gasteiger partial charge in [-0.05, 0) is 0 Å². The summed E-state index contributed by atoms with van der Waals surface area (Å²) in [4.78, 5) is 0. The van der Waals surface area contributed by atoms with Crippen LogP contribution in [-0.2, 0) is 0 Å². The zero-order valence-corrected chi connectivity index (χ0v) is 7.42. The van der Waals surface area contributed by atoms with Gasteiger partial charge in [-0.2, -0.15) is 5.10 Å². The molecule has 0 saturated heterocycles. The van der Waals surface area contributed by atoms with Gasteiger partial charge in [0.05, 0.1) is 12.4 Å². The second-order valence-corrected chi connectivity index (χ2v) is 3.08. The van der Waals surface area contributed by atoms with Crippen LogP contribution in [0.1, 0.15) is 0 Å². The van der Waals surface area contributed by atoms with E-state index < -0.39 is 0 Å². The summed E-state index contributed by atoms with van der Waals surface area (Å²) in [6, 6.07) is 11.8. The number of benzene rings is 1. The van der Waals surface area contributed by atoms with Gasteiger partial charge in [0, 0.05) is 11.6 Å². The second-order valence-electron chi connectivity index (χ2n) is 3.08. The van der Waals surface area contributed by atoms with E-state index in [1.165, 1.54) is 0 Å². The van der Waals surface area contributed by atoms with E-state index in [-0.39, 0.29) is 0 Å². The Kier molecular flexibility index (Phi) is 1.44. The Morgan fingerprint density at radius 3 is 2.71 bits per heavy atom. The van der Waals surface area contributed by atoms with Crippen LogP contribution in [0.15, 0.2) is 53.2 Å². The van der Waals surface area contributed by atoms with Crippen LogP contribution in [0.3, 0.4) is 0 Å². The molecule has 3 rings (SSSR count). The molecule has 14 heavy (non-hydrogen) atoms. The molecule has 0 spiro atoms. The molecule has 0 unspecified atom stereocenters. The van der Waals surface area contributed by atoms with Crippen molar-refractivity contribution < 1.29 is 4.42 Å². The number of aromatic nitrogens is 2. The monoisotopic (exact) mass is 184 g/mol. The van der Waals surface area contributed by atoms with Gasteiger partial charge in [0.25, 0.3) is 0 Å². The molecule has 0 aliphatic carbocycles. The fourth-order valence-corrected chi connectivity index (χ4v) is 1.47. The summed E-state index contributed by atoms with van der Waals surface area (Å²) in [7, 11) is 0. The SMILES string of the molecule is c1ccc(-c2cn3nccc3o2)cc1. The van der Waals surface area contributed by atoms with E-state index in [1.807, 2.05) is 42.6 Å². The number of nitrogens with zero attached hydrogens (tertiary/aromatic N) is 2. The number of rotatable bonds is 1. The summed E-state index contributed by atoms with van der Waals surface area (Å²) in [5.74, 6) is 0.841. The predicted octanol–water partition coefficient (Wildman–Crippen LogP) is 2.59. The normalized spacial score (nSPS) is 10.9. The van der Waals surface area contributed by atoms with Gasteiger partial charge in [-0.3, -0.25) is 0 Å². The average Bonchev–Trinajstić information content (AvgIpc) is 2.78. The molecular formula is C11H8N2O. The number of fused-ring (bicyclic) bond motifs is 1. The highest BCUT2D eigenvalue weighted by atomic mass is 16.4. The van der Waals surface area contributed by atoms with E-state index >= 15 is 0 Å². The fourth-order valence-electron chi connectivity index (χ4n) is 1.47. The quantitative estimate of drug-likeness (QED) is 0.582. The molecule has 2 heterocycles. The van der Waals surface area contributed by atoms with Crippen molar-refractivity contribution in [2.24, 2.45) is 0 Å². The third kappa shape index (κ3) is 1.03. The molecule has 0 radical (unpaired) electrons. The first-order valence-electron chi connectivity index (χ1n) is 4.42. The minimum Gasteiger partial charge on any atom is -0.437 e. The predicted molar refractivity (Wildman–Crippen MR) is 52.9 cm³/mol. The maximum Gasteiger partial charge on any atom is 0.222 e. The average molecular weight is 184 g/mol. The molecule has 0 fully saturated rings. The fraction of sp³-hybridized carbons (Fsp3) is 0. The van der Waals surface area contributed by atoms with Crippen molar-refractivity contribution in [1.29, 1.82) is 0 Å². The summed E-state index contributed by atoms with van der Waals surface area (Å²) in [5, 5.41) is 4.09. The highest BCUT2D eigenvalue weighted by Crippen LogP contribution is 2.21. The van der Waals surface area contributed by atoms with Gasteiger partial charge in [-0.25, -0.2) is 4.52 Å². The highest BCUT2D eigenvalue weighted by Gasteiger charge is 2.04. The molecule has 0 N–H and O–H groups in total. The topological polar surface area (TPSA) is 30.4 Å². The van der Waals surface area contributed by atoms with Gasteiger partial charge in [0.15, 0.2) is 5.76 Å². The summed E-state index contributed by atoms with van der Waals surface area (Å²) in [5.41, 5.74) is 1.84. The van der Waals surface area contributed by atoms with Crippen LogP contribution in [-0.4, -0.2) is 9.61 Å². The lowest BCUT2D eigenvalue weighted by Gasteiger charge is -1.92. The first-order chi connectivity index (χ1) is 6.93. The van der Waals surface area contributed by atoms with Crippen LogP contribution >= 0.6 is 0 Å². The maximum absolute atomic E-state index is 5.59. The van der Waals surface area contributed by atoms with E-state index in [1.54, 1.807) is 10.7 Å². The molecule has 0 amide bonds. The second kappa shape index (κ2) is 2.73. The van der Waals surface area contributed by atoms with Gasteiger partial charge < -0.3 is 4.42 Å². The van der Waals surface area contributed by atoms with Crippen molar-refractivity contribution >= 4 is 5.71 Å². The minimum atomic E-state index is 0.767. The smallest absolute Gasteiger partial charge is 0.222 e. The summed E-state index contributed by atoms with van der Waals surface area (Å²) in [6.45, 7) is 0. The van der Waals surface area contributed by atoms with Crippen LogP contribution in [0.5, 0.6) is 0 Å². The first-order valence-corrected chi connectivity index (χ1v) is 4.42. The lowest BCUT2D eigenvalue weighted by molar-refractivity contribution is 0.620. The zero-order valence-electron chi connectivity index (χ0n) is 7.42. The van der Waals surface area contributed by atoms with Crippen LogP contribution in [0, 0.1) is 0 Å². The molecule has 3 nitrogen and oxygen atoms in total. The maximum atomic E-state index is 5.59. The molecule has 0 atom stereocenters. The Morgan fingerprint density at radius 1 is 1.07 bits per heavy atom. The number of oxazole rings is 1. The molecule has 68 valence electrons. The zero-order chi connectivity index (χ0) is 9.38. The van der Waals surface area contributed by atoms with Crippen LogP contribution in [0.2, 0.25) is 0 Å². The van der Waals surface area contributed by atoms with Crippen molar-refractivity contribution in [2.75, 3.05) is 0 Å². The van der Waals surface area contributed by atoms with E-state index in [0.717, 1.165) is 17.0 Å². The Morgan fingerprint density at radius 2 is 1.93 bits per heavy atom. The Hall–Kier alpha value is -2.03. The largest absolute Gasteiger partial charge is 0.437 e. The van der Waals surface area contributed by atoms with Crippen molar-refractivity contribution in [1.82, 2.24) is 9.61 Å². The van der Waals surface area contributed by atoms with E-state index in [4.69, 9.17) is 4.42 Å². The van der Waals surface area contributed by atoms with Crippen LogP contribution < -0.4 is 0 Å². The first kappa shape index (κ1) is 7.38. The molecule has 0 saturated carbocycles. The molecule has 3 heteroatoms. The summed E-state index contributed by atoms with van der Waals surface area (Å²) >= 11 is 0. The Balaban J connectivity index is 2.19. The molecule has 0 aliphatic rings. The van der Waals surface area contributed by atoms with Gasteiger partial charge in [0.1, 0.15) is 0 Å². The van der Waals surface area contributed by atoms with Gasteiger partial charge in [-0.15, -0.1) is 0 Å². The molecule has 3 aromatic rings. The molecule has 2 aromatic heterocycles. The number of hydrogen-bond acceptors (Lipinski definition) is 2. The van der Waals surface area contributed by atoms with Crippen molar-refractivity contribution in [2.45, 2.75) is 0 Å². The molecule has 1 aromatic carbocycles. The van der Waals surface area contributed by atoms with E-state index in [9.17, 15) is 0 Å². The van der Waals surface area contributed by atoms with E-state index in [0.29, 0.717) is 0 Å². The van der Waals surface area contributed by atoms with Gasteiger partial charge >= 0.3 is 0 Å². The Labute approximate surface area is 80.6 Å². The van der Waals surface area contributed by atoms with E-state index in [2.05, 4.69) is 5.10 Å². The lowest BCUT2D eigenvalue weighted by Crippen LogP contribution is -1.76. The lowest BCUT2D eigenvalue weighted by atomic mass is 10.2. The summed E-state index contributed by atoms with van der Waals surface area (Å²) in [6.07, 6.45) is 3.60. The molecule has 0 bridgehead atoms. The highest BCUT2D eigenvalue weighted by molar-refractivity contribution is 5.58. The van der Waals surface area contributed by atoms with Crippen molar-refractivity contribution in [3.05, 3.63) is 48.8 Å². The van der Waals surface area contributed by atoms with Crippen LogP contribution in [0.4, 0.5) is 0 Å². The molecular weight excluding hydrogens is 176 g/mol. The van der Waals surface area contributed by atoms with Gasteiger partial charge in [0.2, 0.25) is 5.71 Å². The minimum absolute atomic E-state index is 0.767. The number of hydrogen-bond donors (Lipinski definition) is 0. The standard InChI is InChI=1S/C11H8N2O/c1-2-4-9(5-3-1)10-8-13-11(14-10)6-7-12-13/h1-8H. The van der Waals surface area contributed by atoms with Crippen LogP contribution in [0.25, 0.3) is 17.0 Å². The van der Waals surface area contributed by atoms with Crippen molar-refractivity contribution in [3.63, 3.8) is 0 Å². The molecule has 0 aliphatic heterocycles. The van der Waals surface area contributed by atoms with Crippen molar-refractivity contribution in [3.8, 4) is 11.3 Å². The third-order valence-corrected chi connectivity index (χ3v) is 2.15. The third-order valence-electron chi connectivity index (χ3n) is 2.15. The Bertz CT molecular complexity index is 522. The van der Waals surface area contributed by atoms with Gasteiger partial charge in [-0.1, -0.05) is 30.3 Å².